The third-order valence-corrected chi connectivity index (χ3v) is 5.98. The minimum atomic E-state index is -0.446. The molecule has 3 aromatic rings. The lowest BCUT2D eigenvalue weighted by Gasteiger charge is -2.14. The molecule has 0 saturated carbocycles. The van der Waals surface area contributed by atoms with Crippen molar-refractivity contribution in [3.05, 3.63) is 81.4 Å². The fourth-order valence-electron chi connectivity index (χ4n) is 3.45. The van der Waals surface area contributed by atoms with E-state index in [0.29, 0.717) is 40.3 Å². The summed E-state index contributed by atoms with van der Waals surface area (Å²) in [4.78, 5) is 30.7. The van der Waals surface area contributed by atoms with Crippen molar-refractivity contribution in [3.63, 3.8) is 0 Å². The Hall–Kier alpha value is -3.85. The first-order valence-electron chi connectivity index (χ1n) is 10.9. The molecule has 2 aromatic carbocycles. The molecule has 0 unspecified atom stereocenters. The topological polar surface area (TPSA) is 98.2 Å². The lowest BCUT2D eigenvalue weighted by atomic mass is 10.1. The van der Waals surface area contributed by atoms with Crippen LogP contribution in [0.5, 0.6) is 5.75 Å². The number of hydrogen-bond acceptors (Lipinski definition) is 7. The van der Waals surface area contributed by atoms with Crippen molar-refractivity contribution < 1.29 is 18.9 Å². The molecular weight excluding hydrogens is 454 g/mol. The molecule has 0 aliphatic carbocycles. The summed E-state index contributed by atoms with van der Waals surface area (Å²) in [5.41, 5.74) is 1.06. The maximum atomic E-state index is 13.1. The highest BCUT2D eigenvalue weighted by molar-refractivity contribution is 8.18. The highest BCUT2D eigenvalue weighted by Gasteiger charge is 2.33. The quantitative estimate of drug-likeness (QED) is 0.215. The molecule has 1 aliphatic rings. The summed E-state index contributed by atoms with van der Waals surface area (Å²) in [6, 6.07) is 17.1. The smallest absolute Gasteiger partial charge is 0.280 e. The van der Waals surface area contributed by atoms with Crippen molar-refractivity contribution in [3.8, 4) is 17.1 Å². The maximum absolute atomic E-state index is 13.1. The monoisotopic (exact) mass is 477 g/mol. The molecule has 2 heterocycles. The number of carbonyl (C=O) groups excluding carboxylic acids is 1. The van der Waals surface area contributed by atoms with Crippen LogP contribution < -0.4 is 4.74 Å². The standard InChI is InChI=1S/C25H23N3O5S/c1-3-15-27-24(29)23(34-25(27)26-17-9-11-18(12-10-17)32-4-2)16-19-13-14-22(33-19)20-7-5-6-8-21(20)28(30)31/h5-14,16H,3-4,15H2,1-2H3/b23-16+,26-25?. The molecule has 0 atom stereocenters. The van der Waals surface area contributed by atoms with Crippen LogP contribution in [0.4, 0.5) is 11.4 Å². The third kappa shape index (κ3) is 5.04. The number of thioether (sulfide) groups is 1. The predicted molar refractivity (Wildman–Crippen MR) is 133 cm³/mol. The lowest BCUT2D eigenvalue weighted by molar-refractivity contribution is -0.384. The van der Waals surface area contributed by atoms with Crippen LogP contribution >= 0.6 is 11.8 Å². The number of amidine groups is 1. The molecule has 1 fully saturated rings. The fourth-order valence-corrected chi connectivity index (χ4v) is 4.46. The number of ether oxygens (including phenoxy) is 1. The normalized spacial score (nSPS) is 15.9. The molecule has 1 amide bonds. The van der Waals surface area contributed by atoms with Gasteiger partial charge >= 0.3 is 0 Å². The van der Waals surface area contributed by atoms with Crippen LogP contribution in [0, 0.1) is 10.1 Å². The number of nitro groups is 1. The maximum Gasteiger partial charge on any atom is 0.280 e. The fraction of sp³-hybridized carbons (Fsp3) is 0.200. The molecule has 1 saturated heterocycles. The number of nitro benzene ring substituents is 1. The zero-order chi connectivity index (χ0) is 24.1. The van der Waals surface area contributed by atoms with Gasteiger partial charge in [-0.2, -0.15) is 0 Å². The molecule has 8 nitrogen and oxygen atoms in total. The van der Waals surface area contributed by atoms with Gasteiger partial charge in [0.15, 0.2) is 5.17 Å². The molecule has 34 heavy (non-hydrogen) atoms. The summed E-state index contributed by atoms with van der Waals surface area (Å²) < 4.78 is 11.3. The molecule has 1 aromatic heterocycles. The number of hydrogen-bond donors (Lipinski definition) is 0. The second-order valence-electron chi connectivity index (χ2n) is 7.37. The van der Waals surface area contributed by atoms with Crippen LogP contribution in [0.1, 0.15) is 26.0 Å². The van der Waals surface area contributed by atoms with Crippen LogP contribution in [0.25, 0.3) is 17.4 Å². The molecule has 1 aliphatic heterocycles. The number of para-hydroxylation sites is 1. The molecule has 0 bridgehead atoms. The Bertz CT molecular complexity index is 1260. The van der Waals surface area contributed by atoms with E-state index in [2.05, 4.69) is 4.99 Å². The van der Waals surface area contributed by atoms with E-state index in [0.717, 1.165) is 17.9 Å². The van der Waals surface area contributed by atoms with E-state index in [9.17, 15) is 14.9 Å². The Morgan fingerprint density at radius 2 is 1.88 bits per heavy atom. The predicted octanol–water partition coefficient (Wildman–Crippen LogP) is 6.27. The van der Waals surface area contributed by atoms with Gasteiger partial charge < -0.3 is 9.15 Å². The van der Waals surface area contributed by atoms with Gasteiger partial charge in [-0.05, 0) is 67.6 Å². The van der Waals surface area contributed by atoms with E-state index in [1.807, 2.05) is 38.1 Å². The number of rotatable bonds is 8. The Kier molecular flexibility index (Phi) is 7.12. The van der Waals surface area contributed by atoms with Gasteiger partial charge in [0.25, 0.3) is 11.6 Å². The van der Waals surface area contributed by atoms with Crippen molar-refractivity contribution in [1.82, 2.24) is 4.90 Å². The molecule has 0 spiro atoms. The molecular formula is C25H23N3O5S. The summed E-state index contributed by atoms with van der Waals surface area (Å²) in [6.07, 6.45) is 2.43. The van der Waals surface area contributed by atoms with Gasteiger partial charge in [0.05, 0.1) is 27.7 Å². The molecule has 174 valence electrons. The van der Waals surface area contributed by atoms with Crippen molar-refractivity contribution in [2.75, 3.05) is 13.2 Å². The first kappa shape index (κ1) is 23.3. The Morgan fingerprint density at radius 1 is 1.12 bits per heavy atom. The zero-order valence-corrected chi connectivity index (χ0v) is 19.6. The number of carbonyl (C=O) groups is 1. The third-order valence-electron chi connectivity index (χ3n) is 4.97. The highest BCUT2D eigenvalue weighted by Crippen LogP contribution is 2.36. The molecule has 4 rings (SSSR count). The Labute approximate surface area is 201 Å². The van der Waals surface area contributed by atoms with E-state index in [1.165, 1.54) is 17.8 Å². The van der Waals surface area contributed by atoms with Crippen molar-refractivity contribution >= 4 is 40.3 Å². The van der Waals surface area contributed by atoms with E-state index in [-0.39, 0.29) is 11.6 Å². The molecule has 9 heteroatoms. The van der Waals surface area contributed by atoms with Crippen LogP contribution in [0.2, 0.25) is 0 Å². The van der Waals surface area contributed by atoms with E-state index in [4.69, 9.17) is 9.15 Å². The van der Waals surface area contributed by atoms with Gasteiger partial charge in [-0.25, -0.2) is 4.99 Å². The van der Waals surface area contributed by atoms with Crippen molar-refractivity contribution in [1.29, 1.82) is 0 Å². The number of furan rings is 1. The van der Waals surface area contributed by atoms with Gasteiger partial charge in [0, 0.05) is 18.7 Å². The average Bonchev–Trinajstić information content (AvgIpc) is 3.41. The summed E-state index contributed by atoms with van der Waals surface area (Å²) in [7, 11) is 0. The average molecular weight is 478 g/mol. The van der Waals surface area contributed by atoms with E-state index in [1.54, 1.807) is 41.3 Å². The van der Waals surface area contributed by atoms with Gasteiger partial charge in [-0.3, -0.25) is 19.8 Å². The first-order chi connectivity index (χ1) is 16.5. The van der Waals surface area contributed by atoms with Gasteiger partial charge in [0.1, 0.15) is 17.3 Å². The van der Waals surface area contributed by atoms with E-state index < -0.39 is 4.92 Å². The second-order valence-corrected chi connectivity index (χ2v) is 8.37. The van der Waals surface area contributed by atoms with Gasteiger partial charge in [-0.15, -0.1) is 0 Å². The summed E-state index contributed by atoms with van der Waals surface area (Å²) in [6.45, 7) is 5.05. The number of nitrogens with zero attached hydrogens (tertiary/aromatic N) is 3. The largest absolute Gasteiger partial charge is 0.494 e. The number of aliphatic imine (C=N–C) groups is 1. The number of benzene rings is 2. The molecule has 0 N–H and O–H groups in total. The molecule has 0 radical (unpaired) electrons. The second kappa shape index (κ2) is 10.4. The van der Waals surface area contributed by atoms with Crippen LogP contribution in [-0.2, 0) is 4.79 Å². The van der Waals surface area contributed by atoms with Crippen LogP contribution in [-0.4, -0.2) is 34.0 Å². The SMILES string of the molecule is CCCN1C(=O)/C(=C\c2ccc(-c3ccccc3[N+](=O)[O-])o2)SC1=Nc1ccc(OCC)cc1. The summed E-state index contributed by atoms with van der Waals surface area (Å²) in [5, 5.41) is 11.9. The Morgan fingerprint density at radius 3 is 2.59 bits per heavy atom. The van der Waals surface area contributed by atoms with Gasteiger partial charge in [-0.1, -0.05) is 19.1 Å². The van der Waals surface area contributed by atoms with Crippen molar-refractivity contribution in [2.45, 2.75) is 20.3 Å². The summed E-state index contributed by atoms with van der Waals surface area (Å²) in [5.74, 6) is 1.41. The van der Waals surface area contributed by atoms with E-state index >= 15 is 0 Å². The lowest BCUT2D eigenvalue weighted by Crippen LogP contribution is -2.29. The Balaban J connectivity index is 1.61. The zero-order valence-electron chi connectivity index (χ0n) is 18.8. The van der Waals surface area contributed by atoms with Crippen molar-refractivity contribution in [2.24, 2.45) is 4.99 Å². The van der Waals surface area contributed by atoms with Gasteiger partial charge in [0.2, 0.25) is 0 Å². The minimum absolute atomic E-state index is 0.0405. The number of amides is 1. The van der Waals surface area contributed by atoms with Crippen LogP contribution in [0.3, 0.4) is 0 Å². The highest BCUT2D eigenvalue weighted by atomic mass is 32.2. The first-order valence-corrected chi connectivity index (χ1v) is 11.7. The summed E-state index contributed by atoms with van der Waals surface area (Å²) >= 11 is 1.27. The minimum Gasteiger partial charge on any atom is -0.494 e. The van der Waals surface area contributed by atoms with Crippen LogP contribution in [0.15, 0.2) is 75.0 Å².